The van der Waals surface area contributed by atoms with Gasteiger partial charge in [0.05, 0.1) is 24.2 Å². The molecule has 0 radical (unpaired) electrons. The Kier molecular flexibility index (Phi) is 6.76. The molecule has 0 aliphatic carbocycles. The molecule has 8 heteroatoms. The lowest BCUT2D eigenvalue weighted by Gasteiger charge is -2.32. The minimum atomic E-state index is 0.555. The maximum absolute atomic E-state index is 5.79. The van der Waals surface area contributed by atoms with Crippen molar-refractivity contribution in [3.63, 3.8) is 0 Å². The highest BCUT2D eigenvalue weighted by atomic mass is 32.1. The number of thiazole rings is 1. The highest BCUT2D eigenvalue weighted by Gasteiger charge is 2.20. The maximum Gasteiger partial charge on any atom is 0.273 e. The second-order valence-corrected chi connectivity index (χ2v) is 7.11. The fourth-order valence-electron chi connectivity index (χ4n) is 2.88. The highest BCUT2D eigenvalue weighted by molar-refractivity contribution is 7.11. The molecule has 1 fully saturated rings. The highest BCUT2D eigenvalue weighted by Crippen LogP contribution is 2.24. The zero-order valence-corrected chi connectivity index (χ0v) is 16.1. The molecule has 0 N–H and O–H groups in total. The molecule has 2 aromatic heterocycles. The van der Waals surface area contributed by atoms with Crippen LogP contribution in [-0.2, 0) is 4.84 Å². The topological polar surface area (TPSA) is 72.7 Å². The summed E-state index contributed by atoms with van der Waals surface area (Å²) in [6, 6.07) is 4.07. The number of hydrogen-bond acceptors (Lipinski definition) is 8. The molecule has 7 nitrogen and oxygen atoms in total. The molecular weight excluding hydrogens is 350 g/mol. The first-order chi connectivity index (χ1) is 12.7. The van der Waals surface area contributed by atoms with Crippen LogP contribution < -0.4 is 9.64 Å². The van der Waals surface area contributed by atoms with E-state index in [2.05, 4.69) is 31.3 Å². The number of aromatic nitrogens is 3. The normalized spacial score (nSPS) is 15.5. The summed E-state index contributed by atoms with van der Waals surface area (Å²) in [6.07, 6.45) is 4.97. The average molecular weight is 375 g/mol. The van der Waals surface area contributed by atoms with Crippen LogP contribution in [0, 0.1) is 12.8 Å². The van der Waals surface area contributed by atoms with E-state index in [-0.39, 0.29) is 0 Å². The smallest absolute Gasteiger partial charge is 0.273 e. The fraction of sp³-hybridized carbons (Fsp3) is 0.556. The van der Waals surface area contributed by atoms with Crippen LogP contribution in [0.2, 0.25) is 0 Å². The fourth-order valence-corrected chi connectivity index (χ4v) is 3.53. The molecule has 0 saturated carbocycles. The van der Waals surface area contributed by atoms with Gasteiger partial charge < -0.3 is 14.5 Å². The predicted octanol–water partition coefficient (Wildman–Crippen LogP) is 3.30. The Bertz CT molecular complexity index is 696. The molecule has 1 saturated heterocycles. The molecule has 0 aromatic carbocycles. The Labute approximate surface area is 158 Å². The van der Waals surface area contributed by atoms with Crippen LogP contribution in [0.3, 0.4) is 0 Å². The lowest BCUT2D eigenvalue weighted by atomic mass is 9.94. The summed E-state index contributed by atoms with van der Waals surface area (Å²) in [7, 11) is 0. The largest absolute Gasteiger partial charge is 0.470 e. The summed E-state index contributed by atoms with van der Waals surface area (Å²) >= 11 is 1.49. The van der Waals surface area contributed by atoms with E-state index in [0.29, 0.717) is 24.3 Å². The van der Waals surface area contributed by atoms with E-state index in [0.717, 1.165) is 49.6 Å². The lowest BCUT2D eigenvalue weighted by molar-refractivity contribution is 0.160. The van der Waals surface area contributed by atoms with Gasteiger partial charge in [-0.15, -0.1) is 5.10 Å². The van der Waals surface area contributed by atoms with E-state index in [1.165, 1.54) is 11.3 Å². The summed E-state index contributed by atoms with van der Waals surface area (Å²) in [5, 5.41) is 14.8. The second kappa shape index (κ2) is 9.47. The summed E-state index contributed by atoms with van der Waals surface area (Å²) in [4.78, 5) is 11.6. The molecule has 3 rings (SSSR count). The van der Waals surface area contributed by atoms with Gasteiger partial charge in [-0.05, 0) is 51.2 Å². The summed E-state index contributed by atoms with van der Waals surface area (Å²) in [5.41, 5.74) is 1.72. The van der Waals surface area contributed by atoms with Gasteiger partial charge in [0.15, 0.2) is 5.82 Å². The second-order valence-electron chi connectivity index (χ2n) is 6.29. The zero-order chi connectivity index (χ0) is 18.2. The Hall–Kier alpha value is -2.22. The van der Waals surface area contributed by atoms with Crippen molar-refractivity contribution in [3.8, 4) is 5.19 Å². The number of rotatable bonds is 8. The third-order valence-corrected chi connectivity index (χ3v) is 5.13. The number of anilines is 1. The Morgan fingerprint density at radius 3 is 2.88 bits per heavy atom. The molecule has 0 amide bonds. The van der Waals surface area contributed by atoms with E-state index in [1.807, 2.05) is 25.3 Å². The van der Waals surface area contributed by atoms with Crippen LogP contribution in [0.25, 0.3) is 0 Å². The molecule has 1 aliphatic rings. The van der Waals surface area contributed by atoms with E-state index < -0.39 is 0 Å². The molecule has 3 heterocycles. The van der Waals surface area contributed by atoms with E-state index >= 15 is 0 Å². The summed E-state index contributed by atoms with van der Waals surface area (Å²) in [6.45, 7) is 7.16. The van der Waals surface area contributed by atoms with Crippen molar-refractivity contribution in [2.45, 2.75) is 33.1 Å². The van der Waals surface area contributed by atoms with Crippen LogP contribution in [0.15, 0.2) is 22.7 Å². The molecule has 26 heavy (non-hydrogen) atoms. The first-order valence-corrected chi connectivity index (χ1v) is 9.91. The monoisotopic (exact) mass is 375 g/mol. The first kappa shape index (κ1) is 18.6. The minimum Gasteiger partial charge on any atom is -0.470 e. The molecule has 0 atom stereocenters. The van der Waals surface area contributed by atoms with Gasteiger partial charge in [0.25, 0.3) is 5.19 Å². The number of oxime groups is 1. The van der Waals surface area contributed by atoms with Gasteiger partial charge in [-0.1, -0.05) is 16.5 Å². The molecular formula is C18H25N5O2S. The third-order valence-electron chi connectivity index (χ3n) is 4.36. The zero-order valence-electron chi connectivity index (χ0n) is 15.3. The van der Waals surface area contributed by atoms with Gasteiger partial charge >= 0.3 is 0 Å². The van der Waals surface area contributed by atoms with Gasteiger partial charge in [0, 0.05) is 18.5 Å². The summed E-state index contributed by atoms with van der Waals surface area (Å²) in [5.74, 6) is 1.66. The van der Waals surface area contributed by atoms with E-state index in [4.69, 9.17) is 9.57 Å². The van der Waals surface area contributed by atoms with Crippen molar-refractivity contribution in [2.75, 3.05) is 31.2 Å². The quantitative estimate of drug-likeness (QED) is 0.521. The van der Waals surface area contributed by atoms with Crippen molar-refractivity contribution in [2.24, 2.45) is 11.1 Å². The molecule has 2 aromatic rings. The van der Waals surface area contributed by atoms with Gasteiger partial charge in [0.1, 0.15) is 6.61 Å². The molecule has 0 unspecified atom stereocenters. The number of hydrogen-bond donors (Lipinski definition) is 0. The molecule has 1 aliphatic heterocycles. The Morgan fingerprint density at radius 1 is 1.31 bits per heavy atom. The van der Waals surface area contributed by atoms with Crippen LogP contribution >= 0.6 is 11.3 Å². The third kappa shape index (κ3) is 5.39. The SMILES string of the molecule is CCO/N=C/c1csc(OCCC2CCN(c3ccc(C)nn3)CC2)n1. The van der Waals surface area contributed by atoms with E-state index in [1.54, 1.807) is 6.21 Å². The van der Waals surface area contributed by atoms with Crippen molar-refractivity contribution >= 4 is 23.4 Å². The van der Waals surface area contributed by atoms with E-state index in [9.17, 15) is 0 Å². The molecule has 140 valence electrons. The summed E-state index contributed by atoms with van der Waals surface area (Å²) < 4.78 is 5.79. The van der Waals surface area contributed by atoms with Gasteiger partial charge in [-0.2, -0.15) is 5.10 Å². The van der Waals surface area contributed by atoms with Crippen molar-refractivity contribution in [1.82, 2.24) is 15.2 Å². The average Bonchev–Trinajstić information content (AvgIpc) is 3.11. The van der Waals surface area contributed by atoms with Crippen LogP contribution in [0.1, 0.15) is 37.6 Å². The predicted molar refractivity (Wildman–Crippen MR) is 103 cm³/mol. The van der Waals surface area contributed by atoms with Gasteiger partial charge in [-0.3, -0.25) is 0 Å². The van der Waals surface area contributed by atoms with Crippen LogP contribution in [-0.4, -0.2) is 47.7 Å². The molecule has 0 bridgehead atoms. The number of aryl methyl sites for hydroxylation is 1. The minimum absolute atomic E-state index is 0.555. The van der Waals surface area contributed by atoms with Gasteiger partial charge in [0.2, 0.25) is 0 Å². The maximum atomic E-state index is 5.79. The van der Waals surface area contributed by atoms with Crippen LogP contribution in [0.5, 0.6) is 5.19 Å². The molecule has 0 spiro atoms. The van der Waals surface area contributed by atoms with Crippen molar-refractivity contribution < 1.29 is 9.57 Å². The Morgan fingerprint density at radius 2 is 2.15 bits per heavy atom. The Balaban J connectivity index is 1.37. The first-order valence-electron chi connectivity index (χ1n) is 9.03. The van der Waals surface area contributed by atoms with Crippen molar-refractivity contribution in [3.05, 3.63) is 28.9 Å². The number of ether oxygens (including phenoxy) is 1. The number of piperidine rings is 1. The van der Waals surface area contributed by atoms with Crippen LogP contribution in [0.4, 0.5) is 5.82 Å². The van der Waals surface area contributed by atoms with Crippen molar-refractivity contribution in [1.29, 1.82) is 0 Å². The van der Waals surface area contributed by atoms with Gasteiger partial charge in [-0.25, -0.2) is 4.98 Å². The lowest BCUT2D eigenvalue weighted by Crippen LogP contribution is -2.34. The number of nitrogens with zero attached hydrogens (tertiary/aromatic N) is 5. The standard InChI is InChI=1S/C18H25N5O2S/c1-3-25-19-12-16-13-26-18(20-16)24-11-8-15-6-9-23(10-7-15)17-5-4-14(2)21-22-17/h4-5,12-13,15H,3,6-11H2,1-2H3/b19-12+.